The fourth-order valence-electron chi connectivity index (χ4n) is 3.15. The highest BCUT2D eigenvalue weighted by Crippen LogP contribution is 2.38. The summed E-state index contributed by atoms with van der Waals surface area (Å²) in [6, 6.07) is 15.1. The maximum atomic E-state index is 5.91. The van der Waals surface area contributed by atoms with E-state index in [1.165, 1.54) is 0 Å². The van der Waals surface area contributed by atoms with Crippen LogP contribution in [0.4, 0.5) is 11.4 Å². The highest BCUT2D eigenvalue weighted by atomic mass is 16.7. The first kappa shape index (κ1) is 16.4. The van der Waals surface area contributed by atoms with Crippen molar-refractivity contribution in [2.45, 2.75) is 12.6 Å². The van der Waals surface area contributed by atoms with Crippen LogP contribution in [-0.2, 0) is 18.9 Å². The lowest BCUT2D eigenvalue weighted by atomic mass is 9.90. The molecule has 132 valence electrons. The zero-order valence-electron chi connectivity index (χ0n) is 13.9. The Morgan fingerprint density at radius 3 is 1.44 bits per heavy atom. The number of benzene rings is 2. The Balaban J connectivity index is 1.36. The molecule has 2 heterocycles. The molecule has 0 saturated carbocycles. The zero-order chi connectivity index (χ0) is 17.3. The lowest BCUT2D eigenvalue weighted by molar-refractivity contribution is -0.307. The standard InChI is InChI=1S/C19H22N2O4/c20-15-5-1-3-13(7-15)17-22-9-19(10-23-17)11-24-18(25-12-19)14-4-2-6-16(21)8-14/h1-8,17-18H,9-12,20-21H2. The fraction of sp³-hybridized carbons (Fsp3) is 0.368. The molecule has 2 saturated heterocycles. The highest BCUT2D eigenvalue weighted by Gasteiger charge is 2.42. The first-order chi connectivity index (χ1) is 12.1. The second-order valence-corrected chi connectivity index (χ2v) is 6.75. The smallest absolute Gasteiger partial charge is 0.183 e. The van der Waals surface area contributed by atoms with Gasteiger partial charge in [-0.15, -0.1) is 0 Å². The zero-order valence-corrected chi connectivity index (χ0v) is 13.9. The normalized spacial score (nSPS) is 29.6. The molecule has 4 N–H and O–H groups in total. The van der Waals surface area contributed by atoms with Crippen LogP contribution in [0.2, 0.25) is 0 Å². The predicted molar refractivity (Wildman–Crippen MR) is 93.4 cm³/mol. The summed E-state index contributed by atoms with van der Waals surface area (Å²) in [6.45, 7) is 2.04. The Hall–Kier alpha value is -2.12. The molecule has 0 bridgehead atoms. The summed E-state index contributed by atoms with van der Waals surface area (Å²) in [4.78, 5) is 0. The number of hydrogen-bond donors (Lipinski definition) is 2. The minimum absolute atomic E-state index is 0.284. The van der Waals surface area contributed by atoms with Crippen LogP contribution in [-0.4, -0.2) is 26.4 Å². The lowest BCUT2D eigenvalue weighted by Crippen LogP contribution is -2.49. The third-order valence-corrected chi connectivity index (χ3v) is 4.53. The molecule has 2 aliphatic heterocycles. The molecule has 2 aromatic carbocycles. The third kappa shape index (κ3) is 3.48. The van der Waals surface area contributed by atoms with E-state index in [0.29, 0.717) is 37.8 Å². The number of hydrogen-bond acceptors (Lipinski definition) is 6. The Bertz CT molecular complexity index is 669. The van der Waals surface area contributed by atoms with Crippen molar-refractivity contribution in [1.82, 2.24) is 0 Å². The summed E-state index contributed by atoms with van der Waals surface area (Å²) in [5.74, 6) is 0. The summed E-state index contributed by atoms with van der Waals surface area (Å²) < 4.78 is 23.7. The van der Waals surface area contributed by atoms with Crippen molar-refractivity contribution in [3.8, 4) is 0 Å². The van der Waals surface area contributed by atoms with Gasteiger partial charge in [-0.25, -0.2) is 0 Å². The first-order valence-corrected chi connectivity index (χ1v) is 8.31. The van der Waals surface area contributed by atoms with E-state index in [-0.39, 0.29) is 5.41 Å². The predicted octanol–water partition coefficient (Wildman–Crippen LogP) is 2.63. The summed E-state index contributed by atoms with van der Waals surface area (Å²) in [7, 11) is 0. The van der Waals surface area contributed by atoms with E-state index in [1.54, 1.807) is 0 Å². The quantitative estimate of drug-likeness (QED) is 0.816. The monoisotopic (exact) mass is 342 g/mol. The van der Waals surface area contributed by atoms with Crippen LogP contribution in [0.1, 0.15) is 23.7 Å². The third-order valence-electron chi connectivity index (χ3n) is 4.53. The fourth-order valence-corrected chi connectivity index (χ4v) is 3.15. The van der Waals surface area contributed by atoms with Gasteiger partial charge in [0.25, 0.3) is 0 Å². The lowest BCUT2D eigenvalue weighted by Gasteiger charge is -2.43. The van der Waals surface area contributed by atoms with Gasteiger partial charge in [0.15, 0.2) is 12.6 Å². The van der Waals surface area contributed by atoms with E-state index in [0.717, 1.165) is 11.1 Å². The average molecular weight is 342 g/mol. The molecule has 6 heteroatoms. The maximum absolute atomic E-state index is 5.91. The molecular formula is C19H22N2O4. The van der Waals surface area contributed by atoms with Crippen LogP contribution in [0.5, 0.6) is 0 Å². The highest BCUT2D eigenvalue weighted by molar-refractivity contribution is 5.41. The van der Waals surface area contributed by atoms with Crippen LogP contribution in [0.3, 0.4) is 0 Å². The Morgan fingerprint density at radius 2 is 1.08 bits per heavy atom. The Labute approximate surface area is 146 Å². The minimum Gasteiger partial charge on any atom is -0.399 e. The topological polar surface area (TPSA) is 89.0 Å². The number of anilines is 2. The summed E-state index contributed by atoms with van der Waals surface area (Å²) in [5.41, 5.74) is 14.6. The summed E-state index contributed by atoms with van der Waals surface area (Å²) >= 11 is 0. The summed E-state index contributed by atoms with van der Waals surface area (Å²) in [6.07, 6.45) is -0.804. The van der Waals surface area contributed by atoms with Gasteiger partial charge in [-0.1, -0.05) is 24.3 Å². The number of nitrogen functional groups attached to an aromatic ring is 2. The van der Waals surface area contributed by atoms with Crippen LogP contribution in [0.25, 0.3) is 0 Å². The maximum Gasteiger partial charge on any atom is 0.183 e. The van der Waals surface area contributed by atoms with E-state index in [1.807, 2.05) is 48.5 Å². The molecule has 0 amide bonds. The van der Waals surface area contributed by atoms with Crippen LogP contribution >= 0.6 is 0 Å². The average Bonchev–Trinajstić information content (AvgIpc) is 2.63. The van der Waals surface area contributed by atoms with E-state index >= 15 is 0 Å². The molecule has 2 aliphatic rings. The van der Waals surface area contributed by atoms with Crippen molar-refractivity contribution < 1.29 is 18.9 Å². The second kappa shape index (κ2) is 6.65. The minimum atomic E-state index is -0.402. The molecule has 0 aliphatic carbocycles. The molecule has 2 fully saturated rings. The first-order valence-electron chi connectivity index (χ1n) is 8.31. The van der Waals surface area contributed by atoms with E-state index in [2.05, 4.69) is 0 Å². The van der Waals surface area contributed by atoms with E-state index in [4.69, 9.17) is 30.4 Å². The van der Waals surface area contributed by atoms with E-state index in [9.17, 15) is 0 Å². The van der Waals surface area contributed by atoms with Gasteiger partial charge in [-0.3, -0.25) is 0 Å². The van der Waals surface area contributed by atoms with Gasteiger partial charge in [0.2, 0.25) is 0 Å². The van der Waals surface area contributed by atoms with Gasteiger partial charge in [0.05, 0.1) is 31.8 Å². The van der Waals surface area contributed by atoms with Crippen molar-refractivity contribution in [2.24, 2.45) is 5.41 Å². The molecule has 6 nitrogen and oxygen atoms in total. The largest absolute Gasteiger partial charge is 0.399 e. The molecule has 4 rings (SSSR count). The van der Waals surface area contributed by atoms with Gasteiger partial charge in [-0.05, 0) is 24.3 Å². The van der Waals surface area contributed by atoms with Gasteiger partial charge in [-0.2, -0.15) is 0 Å². The molecule has 0 atom stereocenters. The van der Waals surface area contributed by atoms with Gasteiger partial charge >= 0.3 is 0 Å². The Kier molecular flexibility index (Phi) is 4.35. The van der Waals surface area contributed by atoms with Crippen molar-refractivity contribution in [3.05, 3.63) is 59.7 Å². The molecule has 0 unspecified atom stereocenters. The van der Waals surface area contributed by atoms with Crippen LogP contribution in [0.15, 0.2) is 48.5 Å². The van der Waals surface area contributed by atoms with E-state index < -0.39 is 12.6 Å². The second-order valence-electron chi connectivity index (χ2n) is 6.75. The van der Waals surface area contributed by atoms with Gasteiger partial charge in [0.1, 0.15) is 0 Å². The van der Waals surface area contributed by atoms with Crippen molar-refractivity contribution in [3.63, 3.8) is 0 Å². The van der Waals surface area contributed by atoms with Crippen molar-refractivity contribution in [2.75, 3.05) is 37.9 Å². The van der Waals surface area contributed by atoms with Crippen molar-refractivity contribution >= 4 is 11.4 Å². The number of ether oxygens (including phenoxy) is 4. The molecule has 25 heavy (non-hydrogen) atoms. The van der Waals surface area contributed by atoms with Crippen LogP contribution < -0.4 is 11.5 Å². The van der Waals surface area contributed by atoms with Crippen LogP contribution in [0, 0.1) is 5.41 Å². The SMILES string of the molecule is Nc1cccc(C2OCC3(CO2)COC(c2cccc(N)c2)OC3)c1. The summed E-state index contributed by atoms with van der Waals surface area (Å²) in [5, 5.41) is 0. The van der Waals surface area contributed by atoms with Crippen molar-refractivity contribution in [1.29, 1.82) is 0 Å². The molecule has 2 aromatic rings. The molecule has 1 spiro atoms. The Morgan fingerprint density at radius 1 is 0.680 bits per heavy atom. The number of rotatable bonds is 2. The van der Waals surface area contributed by atoms with Gasteiger partial charge < -0.3 is 30.4 Å². The molecule has 0 aromatic heterocycles. The molecular weight excluding hydrogens is 320 g/mol. The number of nitrogens with two attached hydrogens (primary N) is 2. The molecule has 0 radical (unpaired) electrons. The van der Waals surface area contributed by atoms with Gasteiger partial charge in [0, 0.05) is 22.5 Å².